The van der Waals surface area contributed by atoms with Crippen molar-refractivity contribution < 1.29 is 9.47 Å². The van der Waals surface area contributed by atoms with Crippen LogP contribution < -0.4 is 9.47 Å². The lowest BCUT2D eigenvalue weighted by Crippen LogP contribution is -1.97. The zero-order valence-electron chi connectivity index (χ0n) is 10.7. The lowest BCUT2D eigenvalue weighted by atomic mass is 9.99. The van der Waals surface area contributed by atoms with Crippen molar-refractivity contribution in [2.24, 2.45) is 5.92 Å². The lowest BCUT2D eigenvalue weighted by molar-refractivity contribution is 0.393. The smallest absolute Gasteiger partial charge is 0.122 e. The van der Waals surface area contributed by atoms with Crippen LogP contribution in [0, 0.1) is 5.92 Å². The van der Waals surface area contributed by atoms with E-state index in [1.807, 2.05) is 6.07 Å². The van der Waals surface area contributed by atoms with Crippen molar-refractivity contribution in [3.05, 3.63) is 23.8 Å². The molecule has 0 saturated carbocycles. The van der Waals surface area contributed by atoms with E-state index in [4.69, 9.17) is 9.47 Å². The van der Waals surface area contributed by atoms with E-state index >= 15 is 0 Å². The first-order valence-electron chi connectivity index (χ1n) is 5.91. The average Bonchev–Trinajstić information content (AvgIpc) is 2.35. The fourth-order valence-corrected chi connectivity index (χ4v) is 1.63. The Balaban J connectivity index is 2.71. The van der Waals surface area contributed by atoms with Crippen LogP contribution in [-0.4, -0.2) is 14.2 Å². The van der Waals surface area contributed by atoms with Gasteiger partial charge in [0.15, 0.2) is 0 Å². The van der Waals surface area contributed by atoms with Gasteiger partial charge in [-0.1, -0.05) is 20.3 Å². The van der Waals surface area contributed by atoms with Gasteiger partial charge in [0, 0.05) is 6.07 Å². The van der Waals surface area contributed by atoms with Gasteiger partial charge in [-0.3, -0.25) is 0 Å². The van der Waals surface area contributed by atoms with Gasteiger partial charge in [-0.25, -0.2) is 0 Å². The number of hydrogen-bond acceptors (Lipinski definition) is 2. The molecule has 0 bridgehead atoms. The number of rotatable bonds is 6. The average molecular weight is 222 g/mol. The van der Waals surface area contributed by atoms with E-state index in [-0.39, 0.29) is 0 Å². The first kappa shape index (κ1) is 12.9. The Bertz CT molecular complexity index is 298. The van der Waals surface area contributed by atoms with Crippen LogP contribution in [0.2, 0.25) is 0 Å². The normalized spacial score (nSPS) is 12.2. The number of hydrogen-bond donors (Lipinski definition) is 0. The first-order chi connectivity index (χ1) is 7.69. The molecule has 0 aliphatic carbocycles. The Morgan fingerprint density at radius 2 is 1.62 bits per heavy atom. The van der Waals surface area contributed by atoms with Crippen molar-refractivity contribution in [2.45, 2.75) is 33.1 Å². The summed E-state index contributed by atoms with van der Waals surface area (Å²) in [5, 5.41) is 0. The monoisotopic (exact) mass is 222 g/mol. The molecule has 2 heteroatoms. The van der Waals surface area contributed by atoms with Crippen LogP contribution >= 0.6 is 0 Å². The molecule has 1 aromatic rings. The summed E-state index contributed by atoms with van der Waals surface area (Å²) in [5.41, 5.74) is 1.29. The molecular formula is C14H22O2. The summed E-state index contributed by atoms with van der Waals surface area (Å²) in [6, 6.07) is 6.09. The quantitative estimate of drug-likeness (QED) is 0.731. The minimum atomic E-state index is 0.775. The third-order valence-corrected chi connectivity index (χ3v) is 3.03. The van der Waals surface area contributed by atoms with Gasteiger partial charge in [0.2, 0.25) is 0 Å². The van der Waals surface area contributed by atoms with Gasteiger partial charge in [0.1, 0.15) is 11.5 Å². The molecule has 2 nitrogen and oxygen atoms in total. The van der Waals surface area contributed by atoms with Gasteiger partial charge in [-0.15, -0.1) is 0 Å². The van der Waals surface area contributed by atoms with Crippen LogP contribution in [0.1, 0.15) is 32.3 Å². The Hall–Kier alpha value is -1.18. The number of methoxy groups -OCH3 is 2. The van der Waals surface area contributed by atoms with Gasteiger partial charge in [-0.05, 0) is 36.5 Å². The summed E-state index contributed by atoms with van der Waals surface area (Å²) in [5.74, 6) is 2.52. The van der Waals surface area contributed by atoms with Crippen molar-refractivity contribution in [3.8, 4) is 11.5 Å². The summed E-state index contributed by atoms with van der Waals surface area (Å²) in [6.45, 7) is 4.52. The van der Waals surface area contributed by atoms with Crippen LogP contribution in [0.25, 0.3) is 0 Å². The predicted octanol–water partition coefficient (Wildman–Crippen LogP) is 3.68. The summed E-state index contributed by atoms with van der Waals surface area (Å²) >= 11 is 0. The molecule has 0 N–H and O–H groups in total. The zero-order valence-corrected chi connectivity index (χ0v) is 10.7. The third-order valence-electron chi connectivity index (χ3n) is 3.03. The third kappa shape index (κ3) is 3.76. The molecule has 0 aromatic heterocycles. The van der Waals surface area contributed by atoms with Gasteiger partial charge in [0.25, 0.3) is 0 Å². The van der Waals surface area contributed by atoms with Crippen LogP contribution in [0.15, 0.2) is 18.2 Å². The SMILES string of the molecule is CCC(C)CCc1cc(OC)cc(OC)c1. The molecule has 0 fully saturated rings. The second-order valence-electron chi connectivity index (χ2n) is 4.27. The molecule has 0 amide bonds. The minimum Gasteiger partial charge on any atom is -0.497 e. The highest BCUT2D eigenvalue weighted by atomic mass is 16.5. The van der Waals surface area contributed by atoms with Crippen LogP contribution in [0.3, 0.4) is 0 Å². The highest BCUT2D eigenvalue weighted by Crippen LogP contribution is 2.24. The molecule has 1 rings (SSSR count). The second kappa shape index (κ2) is 6.41. The standard InChI is InChI=1S/C14H22O2/c1-5-11(2)6-7-12-8-13(15-3)10-14(9-12)16-4/h8-11H,5-7H2,1-4H3. The molecule has 0 heterocycles. The van der Waals surface area contributed by atoms with Gasteiger partial charge < -0.3 is 9.47 Å². The molecule has 16 heavy (non-hydrogen) atoms. The van der Waals surface area contributed by atoms with Gasteiger partial charge in [0.05, 0.1) is 14.2 Å². The highest BCUT2D eigenvalue weighted by molar-refractivity contribution is 5.38. The maximum absolute atomic E-state index is 5.25. The zero-order chi connectivity index (χ0) is 12.0. The van der Waals surface area contributed by atoms with Crippen molar-refractivity contribution in [1.29, 1.82) is 0 Å². The number of aryl methyl sites for hydroxylation is 1. The van der Waals surface area contributed by atoms with E-state index in [0.717, 1.165) is 23.8 Å². The van der Waals surface area contributed by atoms with E-state index in [1.54, 1.807) is 14.2 Å². The van der Waals surface area contributed by atoms with E-state index in [1.165, 1.54) is 18.4 Å². The molecule has 1 atom stereocenters. The fraction of sp³-hybridized carbons (Fsp3) is 0.571. The number of benzene rings is 1. The van der Waals surface area contributed by atoms with Crippen molar-refractivity contribution >= 4 is 0 Å². The van der Waals surface area contributed by atoms with Crippen LogP contribution in [-0.2, 0) is 6.42 Å². The second-order valence-corrected chi connectivity index (χ2v) is 4.27. The van der Waals surface area contributed by atoms with Gasteiger partial charge in [-0.2, -0.15) is 0 Å². The van der Waals surface area contributed by atoms with Crippen molar-refractivity contribution in [2.75, 3.05) is 14.2 Å². The summed E-state index contributed by atoms with van der Waals surface area (Å²) in [6.07, 6.45) is 3.54. The number of ether oxygens (including phenoxy) is 2. The van der Waals surface area contributed by atoms with E-state index in [9.17, 15) is 0 Å². The molecule has 0 aliphatic heterocycles. The topological polar surface area (TPSA) is 18.5 Å². The Kier molecular flexibility index (Phi) is 5.17. The summed E-state index contributed by atoms with van der Waals surface area (Å²) in [7, 11) is 3.38. The Morgan fingerprint density at radius 3 is 2.06 bits per heavy atom. The molecule has 1 aromatic carbocycles. The first-order valence-corrected chi connectivity index (χ1v) is 5.91. The minimum absolute atomic E-state index is 0.775. The largest absolute Gasteiger partial charge is 0.497 e. The van der Waals surface area contributed by atoms with Crippen molar-refractivity contribution in [3.63, 3.8) is 0 Å². The van der Waals surface area contributed by atoms with Crippen molar-refractivity contribution in [1.82, 2.24) is 0 Å². The summed E-state index contributed by atoms with van der Waals surface area (Å²) < 4.78 is 10.5. The van der Waals surface area contributed by atoms with Crippen LogP contribution in [0.4, 0.5) is 0 Å². The maximum Gasteiger partial charge on any atom is 0.122 e. The fourth-order valence-electron chi connectivity index (χ4n) is 1.63. The molecular weight excluding hydrogens is 200 g/mol. The molecule has 0 aliphatic rings. The molecule has 90 valence electrons. The molecule has 0 radical (unpaired) electrons. The molecule has 1 unspecified atom stereocenters. The summed E-state index contributed by atoms with van der Waals surface area (Å²) in [4.78, 5) is 0. The Morgan fingerprint density at radius 1 is 1.06 bits per heavy atom. The van der Waals surface area contributed by atoms with Gasteiger partial charge >= 0.3 is 0 Å². The lowest BCUT2D eigenvalue weighted by Gasteiger charge is -2.11. The van der Waals surface area contributed by atoms with E-state index < -0.39 is 0 Å². The molecule has 0 saturated heterocycles. The van der Waals surface area contributed by atoms with E-state index in [0.29, 0.717) is 0 Å². The Labute approximate surface area is 98.6 Å². The van der Waals surface area contributed by atoms with E-state index in [2.05, 4.69) is 26.0 Å². The maximum atomic E-state index is 5.25. The highest BCUT2D eigenvalue weighted by Gasteiger charge is 2.04. The predicted molar refractivity (Wildman–Crippen MR) is 67.3 cm³/mol. The molecule has 0 spiro atoms. The van der Waals surface area contributed by atoms with Crippen LogP contribution in [0.5, 0.6) is 11.5 Å².